The average Bonchev–Trinajstić information content (AvgIpc) is 2.66. The van der Waals surface area contributed by atoms with E-state index in [1.165, 1.54) is 5.56 Å². The van der Waals surface area contributed by atoms with Crippen molar-refractivity contribution in [2.45, 2.75) is 46.0 Å². The molecule has 2 aromatic carbocycles. The quantitative estimate of drug-likeness (QED) is 0.571. The van der Waals surface area contributed by atoms with Crippen LogP contribution in [0.4, 0.5) is 11.4 Å². The van der Waals surface area contributed by atoms with Crippen molar-refractivity contribution in [3.05, 3.63) is 59.7 Å². The van der Waals surface area contributed by atoms with Crippen LogP contribution in [0.1, 0.15) is 61.9 Å². The normalized spacial score (nSPS) is 10.4. The monoisotopic (exact) mass is 397 g/mol. The van der Waals surface area contributed by atoms with Crippen molar-refractivity contribution in [2.75, 3.05) is 10.6 Å². The van der Waals surface area contributed by atoms with Gasteiger partial charge in [-0.1, -0.05) is 45.4 Å². The van der Waals surface area contributed by atoms with Crippen LogP contribution >= 0.6 is 12.2 Å². The fraction of sp³-hybridized carbons (Fsp3) is 0.318. The molecule has 148 valence electrons. The lowest BCUT2D eigenvalue weighted by molar-refractivity contribution is -0.116. The highest BCUT2D eigenvalue weighted by Crippen LogP contribution is 2.16. The van der Waals surface area contributed by atoms with Gasteiger partial charge in [-0.2, -0.15) is 0 Å². The van der Waals surface area contributed by atoms with Crippen molar-refractivity contribution < 1.29 is 9.59 Å². The highest BCUT2D eigenvalue weighted by Gasteiger charge is 2.09. The van der Waals surface area contributed by atoms with Gasteiger partial charge >= 0.3 is 0 Å². The van der Waals surface area contributed by atoms with E-state index >= 15 is 0 Å². The van der Waals surface area contributed by atoms with Crippen LogP contribution in [0.3, 0.4) is 0 Å². The molecule has 0 aliphatic carbocycles. The number of nitrogens with one attached hydrogen (secondary N) is 3. The van der Waals surface area contributed by atoms with E-state index in [1.54, 1.807) is 18.2 Å². The summed E-state index contributed by atoms with van der Waals surface area (Å²) in [6.07, 6.45) is 2.33. The van der Waals surface area contributed by atoms with Crippen molar-refractivity contribution in [1.82, 2.24) is 5.32 Å². The molecule has 5 nitrogen and oxygen atoms in total. The molecule has 0 spiro atoms. The number of anilines is 2. The zero-order chi connectivity index (χ0) is 20.5. The van der Waals surface area contributed by atoms with E-state index in [0.717, 1.165) is 12.8 Å². The van der Waals surface area contributed by atoms with Gasteiger partial charge in [0.15, 0.2) is 5.11 Å². The molecule has 3 N–H and O–H groups in total. The minimum Gasteiger partial charge on any atom is -0.332 e. The molecule has 6 heteroatoms. The molecule has 0 bridgehead atoms. The highest BCUT2D eigenvalue weighted by molar-refractivity contribution is 7.80. The Bertz CT molecular complexity index is 832. The van der Waals surface area contributed by atoms with Gasteiger partial charge in [-0.15, -0.1) is 0 Å². The second kappa shape index (κ2) is 10.6. The molecule has 28 heavy (non-hydrogen) atoms. The third-order valence-corrected chi connectivity index (χ3v) is 4.43. The lowest BCUT2D eigenvalue weighted by atomic mass is 10.0. The van der Waals surface area contributed by atoms with Gasteiger partial charge < -0.3 is 10.6 Å². The zero-order valence-corrected chi connectivity index (χ0v) is 17.4. The number of carbonyl (C=O) groups excluding carboxylic acids is 2. The first-order chi connectivity index (χ1) is 13.4. The van der Waals surface area contributed by atoms with Crippen molar-refractivity contribution >= 4 is 40.5 Å². The number of thiocarbonyl (C=S) groups is 1. The summed E-state index contributed by atoms with van der Waals surface area (Å²) in [6.45, 7) is 6.26. The van der Waals surface area contributed by atoms with Gasteiger partial charge in [-0.05, 0) is 60.5 Å². The summed E-state index contributed by atoms with van der Waals surface area (Å²) in [5.41, 5.74) is 3.10. The van der Waals surface area contributed by atoms with E-state index in [1.807, 2.05) is 37.3 Å². The minimum atomic E-state index is -0.267. The largest absolute Gasteiger partial charge is 0.332 e. The van der Waals surface area contributed by atoms with E-state index < -0.39 is 0 Å². The molecule has 0 unspecified atom stereocenters. The summed E-state index contributed by atoms with van der Waals surface area (Å²) in [4.78, 5) is 24.2. The van der Waals surface area contributed by atoms with Gasteiger partial charge in [0.1, 0.15) is 0 Å². The summed E-state index contributed by atoms with van der Waals surface area (Å²) >= 11 is 5.24. The van der Waals surface area contributed by atoms with E-state index in [2.05, 4.69) is 29.8 Å². The zero-order valence-electron chi connectivity index (χ0n) is 16.5. The SMILES string of the molecule is CCCCC(=O)Nc1cccc(NC(=S)NC(=O)c2ccc(C(C)C)cc2)c1. The topological polar surface area (TPSA) is 70.2 Å². The van der Waals surface area contributed by atoms with Crippen molar-refractivity contribution in [3.8, 4) is 0 Å². The second-order valence-corrected chi connectivity index (χ2v) is 7.33. The second-order valence-electron chi connectivity index (χ2n) is 6.92. The molecule has 0 fully saturated rings. The molecule has 0 aromatic heterocycles. The number of hydrogen-bond donors (Lipinski definition) is 3. The molecule has 0 saturated carbocycles. The summed E-state index contributed by atoms with van der Waals surface area (Å²) in [6, 6.07) is 14.7. The fourth-order valence-electron chi connectivity index (χ4n) is 2.59. The Labute approximate surface area is 171 Å². The van der Waals surface area contributed by atoms with Crippen LogP contribution in [0.25, 0.3) is 0 Å². The number of amides is 2. The minimum absolute atomic E-state index is 0.0141. The summed E-state index contributed by atoms with van der Waals surface area (Å²) in [5.74, 6) is 0.131. The van der Waals surface area contributed by atoms with Gasteiger partial charge in [-0.3, -0.25) is 14.9 Å². The number of rotatable bonds is 7. The van der Waals surface area contributed by atoms with Crippen molar-refractivity contribution in [3.63, 3.8) is 0 Å². The van der Waals surface area contributed by atoms with Gasteiger partial charge in [0.2, 0.25) is 5.91 Å². The first kappa shape index (κ1) is 21.6. The Morgan fingerprint density at radius 1 is 1.00 bits per heavy atom. The maximum absolute atomic E-state index is 12.3. The van der Waals surface area contributed by atoms with Crippen LogP contribution < -0.4 is 16.0 Å². The number of hydrogen-bond acceptors (Lipinski definition) is 3. The lowest BCUT2D eigenvalue weighted by Gasteiger charge is -2.12. The predicted octanol–water partition coefficient (Wildman–Crippen LogP) is 5.07. The van der Waals surface area contributed by atoms with Gasteiger partial charge in [-0.25, -0.2) is 0 Å². The molecular weight excluding hydrogens is 370 g/mol. The molecule has 0 saturated heterocycles. The Balaban J connectivity index is 1.92. The van der Waals surface area contributed by atoms with E-state index in [9.17, 15) is 9.59 Å². The summed E-state index contributed by atoms with van der Waals surface area (Å²) < 4.78 is 0. The predicted molar refractivity (Wildman–Crippen MR) is 119 cm³/mol. The van der Waals surface area contributed by atoms with Gasteiger partial charge in [0.25, 0.3) is 5.91 Å². The maximum Gasteiger partial charge on any atom is 0.257 e. The molecule has 2 aromatic rings. The smallest absolute Gasteiger partial charge is 0.257 e. The van der Waals surface area contributed by atoms with Crippen LogP contribution in [0.15, 0.2) is 48.5 Å². The Kier molecular flexibility index (Phi) is 8.14. The van der Waals surface area contributed by atoms with Crippen LogP contribution in [0.5, 0.6) is 0 Å². The number of benzene rings is 2. The molecule has 2 rings (SSSR count). The molecule has 0 aliphatic heterocycles. The maximum atomic E-state index is 12.3. The Morgan fingerprint density at radius 2 is 1.64 bits per heavy atom. The van der Waals surface area contributed by atoms with E-state index in [-0.39, 0.29) is 16.9 Å². The fourth-order valence-corrected chi connectivity index (χ4v) is 2.80. The molecule has 0 heterocycles. The molecule has 0 radical (unpaired) electrons. The highest BCUT2D eigenvalue weighted by atomic mass is 32.1. The van der Waals surface area contributed by atoms with E-state index in [0.29, 0.717) is 29.3 Å². The van der Waals surface area contributed by atoms with Gasteiger partial charge in [0.05, 0.1) is 0 Å². The van der Waals surface area contributed by atoms with Crippen LogP contribution in [0.2, 0.25) is 0 Å². The molecule has 0 atom stereocenters. The molecule has 0 aliphatic rings. The standard InChI is InChI=1S/C22H27N3O2S/c1-4-5-9-20(26)23-18-7-6-8-19(14-18)24-22(28)25-21(27)17-12-10-16(11-13-17)15(2)3/h6-8,10-15H,4-5,9H2,1-3H3,(H,23,26)(H2,24,25,27,28). The summed E-state index contributed by atoms with van der Waals surface area (Å²) in [7, 11) is 0. The summed E-state index contributed by atoms with van der Waals surface area (Å²) in [5, 5.41) is 8.72. The average molecular weight is 398 g/mol. The molecule has 2 amide bonds. The van der Waals surface area contributed by atoms with Crippen LogP contribution in [-0.2, 0) is 4.79 Å². The van der Waals surface area contributed by atoms with Crippen molar-refractivity contribution in [1.29, 1.82) is 0 Å². The van der Waals surface area contributed by atoms with E-state index in [4.69, 9.17) is 12.2 Å². The number of carbonyl (C=O) groups is 2. The Morgan fingerprint density at radius 3 is 2.25 bits per heavy atom. The van der Waals surface area contributed by atoms with Crippen LogP contribution in [0, 0.1) is 0 Å². The first-order valence-corrected chi connectivity index (χ1v) is 9.92. The lowest BCUT2D eigenvalue weighted by Crippen LogP contribution is -2.34. The Hall–Kier alpha value is -2.73. The van der Waals surface area contributed by atoms with Gasteiger partial charge in [0, 0.05) is 23.4 Å². The van der Waals surface area contributed by atoms with Crippen LogP contribution in [-0.4, -0.2) is 16.9 Å². The third-order valence-electron chi connectivity index (χ3n) is 4.23. The third kappa shape index (κ3) is 6.78. The molecular formula is C22H27N3O2S. The number of unbranched alkanes of at least 4 members (excludes halogenated alkanes) is 1. The first-order valence-electron chi connectivity index (χ1n) is 9.51. The van der Waals surface area contributed by atoms with Crippen molar-refractivity contribution in [2.24, 2.45) is 0 Å².